The zero-order valence-electron chi connectivity index (χ0n) is 7.50. The van der Waals surface area contributed by atoms with Gasteiger partial charge in [-0.05, 0) is 28.9 Å². The Morgan fingerprint density at radius 1 is 1.64 bits per heavy atom. The van der Waals surface area contributed by atoms with Gasteiger partial charge >= 0.3 is 0 Å². The zero-order chi connectivity index (χ0) is 10.1. The highest BCUT2D eigenvalue weighted by Gasteiger charge is 2.05. The molecular formula is C9H8BrClN2S. The predicted molar refractivity (Wildman–Crippen MR) is 63.1 cm³/mol. The van der Waals surface area contributed by atoms with Crippen LogP contribution in [0.3, 0.4) is 0 Å². The summed E-state index contributed by atoms with van der Waals surface area (Å²) >= 11 is 11.0. The molecule has 0 unspecified atom stereocenters. The van der Waals surface area contributed by atoms with Gasteiger partial charge < -0.3 is 0 Å². The van der Waals surface area contributed by atoms with Gasteiger partial charge in [-0.1, -0.05) is 11.6 Å². The summed E-state index contributed by atoms with van der Waals surface area (Å²) in [6, 6.07) is 2.10. The highest BCUT2D eigenvalue weighted by molar-refractivity contribution is 9.10. The molecule has 0 spiro atoms. The lowest BCUT2D eigenvalue weighted by atomic mass is 10.4. The second kappa shape index (κ2) is 4.04. The average molecular weight is 292 g/mol. The fourth-order valence-corrected chi connectivity index (χ4v) is 2.74. The van der Waals surface area contributed by atoms with E-state index < -0.39 is 0 Å². The minimum absolute atomic E-state index is 0.723. The molecule has 0 atom stereocenters. The van der Waals surface area contributed by atoms with Gasteiger partial charge in [-0.2, -0.15) is 5.10 Å². The summed E-state index contributed by atoms with van der Waals surface area (Å²) in [4.78, 5) is 1.26. The lowest BCUT2D eigenvalue weighted by molar-refractivity contribution is 0.672. The van der Waals surface area contributed by atoms with Crippen molar-refractivity contribution in [1.29, 1.82) is 0 Å². The van der Waals surface area contributed by atoms with Crippen molar-refractivity contribution in [3.05, 3.63) is 37.7 Å². The third-order valence-electron chi connectivity index (χ3n) is 1.97. The van der Waals surface area contributed by atoms with Gasteiger partial charge in [-0.15, -0.1) is 11.3 Å². The second-order valence-corrected chi connectivity index (χ2v) is 5.29. The van der Waals surface area contributed by atoms with E-state index in [1.54, 1.807) is 17.5 Å². The molecule has 0 aliphatic rings. The van der Waals surface area contributed by atoms with Crippen molar-refractivity contribution in [3.63, 3.8) is 0 Å². The maximum Gasteiger partial charge on any atom is 0.0815 e. The first kappa shape index (κ1) is 10.2. The summed E-state index contributed by atoms with van der Waals surface area (Å²) in [6.45, 7) is 2.76. The third kappa shape index (κ3) is 2.02. The van der Waals surface area contributed by atoms with Crippen LogP contribution in [0.5, 0.6) is 0 Å². The van der Waals surface area contributed by atoms with Crippen LogP contribution in [0.4, 0.5) is 0 Å². The molecule has 0 radical (unpaired) electrons. The first-order valence-corrected chi connectivity index (χ1v) is 6.12. The number of hydrogen-bond acceptors (Lipinski definition) is 2. The Balaban J connectivity index is 2.22. The Labute approximate surface area is 99.6 Å². The van der Waals surface area contributed by atoms with Gasteiger partial charge in [0.2, 0.25) is 0 Å². The molecule has 2 aromatic heterocycles. The quantitative estimate of drug-likeness (QED) is 0.824. The molecule has 14 heavy (non-hydrogen) atoms. The van der Waals surface area contributed by atoms with Gasteiger partial charge in [-0.25, -0.2) is 0 Å². The lowest BCUT2D eigenvalue weighted by Gasteiger charge is -2.01. The van der Waals surface area contributed by atoms with Crippen molar-refractivity contribution in [2.45, 2.75) is 13.5 Å². The maximum absolute atomic E-state index is 5.91. The van der Waals surface area contributed by atoms with Gasteiger partial charge in [0.1, 0.15) is 0 Å². The van der Waals surface area contributed by atoms with E-state index in [0.717, 1.165) is 21.7 Å². The Bertz CT molecular complexity index is 449. The Hall–Kier alpha value is -0.320. The largest absolute Gasteiger partial charge is 0.263 e. The summed E-state index contributed by atoms with van der Waals surface area (Å²) in [5.41, 5.74) is 1.01. The minimum atomic E-state index is 0.723. The molecular weight excluding hydrogens is 284 g/mol. The van der Waals surface area contributed by atoms with Crippen LogP contribution >= 0.6 is 38.9 Å². The first-order valence-electron chi connectivity index (χ1n) is 4.07. The Morgan fingerprint density at radius 2 is 2.43 bits per heavy atom. The van der Waals surface area contributed by atoms with Gasteiger partial charge in [0.05, 0.1) is 23.5 Å². The number of halogens is 2. The normalized spacial score (nSPS) is 10.8. The molecule has 0 saturated heterocycles. The number of aromatic nitrogens is 2. The number of hydrogen-bond donors (Lipinski definition) is 0. The molecule has 5 heteroatoms. The summed E-state index contributed by atoms with van der Waals surface area (Å²) in [7, 11) is 0. The molecule has 0 bridgehead atoms. The van der Waals surface area contributed by atoms with Crippen LogP contribution in [0.25, 0.3) is 0 Å². The van der Waals surface area contributed by atoms with E-state index >= 15 is 0 Å². The highest BCUT2D eigenvalue weighted by Crippen LogP contribution is 2.22. The summed E-state index contributed by atoms with van der Waals surface area (Å²) in [5.74, 6) is 0. The monoisotopic (exact) mass is 290 g/mol. The van der Waals surface area contributed by atoms with Crippen molar-refractivity contribution < 1.29 is 0 Å². The third-order valence-corrected chi connectivity index (χ3v) is 4.02. The molecule has 0 N–H and O–H groups in total. The van der Waals surface area contributed by atoms with Crippen LogP contribution in [-0.4, -0.2) is 9.78 Å². The van der Waals surface area contributed by atoms with Crippen molar-refractivity contribution in [3.8, 4) is 0 Å². The predicted octanol–water partition coefficient (Wildman–Crippen LogP) is 3.72. The van der Waals surface area contributed by atoms with Crippen molar-refractivity contribution in [1.82, 2.24) is 9.78 Å². The zero-order valence-corrected chi connectivity index (χ0v) is 10.7. The first-order chi connectivity index (χ1) is 6.66. The smallest absolute Gasteiger partial charge is 0.0815 e. The van der Waals surface area contributed by atoms with Crippen LogP contribution in [0, 0.1) is 6.92 Å². The topological polar surface area (TPSA) is 17.8 Å². The minimum Gasteiger partial charge on any atom is -0.263 e. The van der Waals surface area contributed by atoms with Gasteiger partial charge in [0.15, 0.2) is 0 Å². The van der Waals surface area contributed by atoms with E-state index in [-0.39, 0.29) is 0 Å². The van der Waals surface area contributed by atoms with Gasteiger partial charge in [-0.3, -0.25) is 4.68 Å². The fraction of sp³-hybridized carbons (Fsp3) is 0.222. The van der Waals surface area contributed by atoms with Crippen LogP contribution in [0.2, 0.25) is 5.02 Å². The molecule has 0 amide bonds. The summed E-state index contributed by atoms with van der Waals surface area (Å²) < 4.78 is 3.02. The summed E-state index contributed by atoms with van der Waals surface area (Å²) in [5, 5.41) is 6.98. The summed E-state index contributed by atoms with van der Waals surface area (Å²) in [6.07, 6.45) is 1.68. The van der Waals surface area contributed by atoms with E-state index in [9.17, 15) is 0 Å². The van der Waals surface area contributed by atoms with Crippen molar-refractivity contribution in [2.24, 2.45) is 0 Å². The molecule has 0 aliphatic heterocycles. The van der Waals surface area contributed by atoms with E-state index in [2.05, 4.69) is 32.5 Å². The molecule has 74 valence electrons. The van der Waals surface area contributed by atoms with Crippen LogP contribution < -0.4 is 0 Å². The molecule has 2 rings (SSSR count). The molecule has 0 fully saturated rings. The molecule has 0 saturated carbocycles. The van der Waals surface area contributed by atoms with Gasteiger partial charge in [0.25, 0.3) is 0 Å². The standard InChI is InChI=1S/C9H8BrClN2S/c1-6-9(11)3-12-13(6)4-8-2-7(10)5-14-8/h2-3,5H,4H2,1H3. The molecule has 0 aliphatic carbocycles. The van der Waals surface area contributed by atoms with Crippen LogP contribution in [0.1, 0.15) is 10.6 Å². The average Bonchev–Trinajstić information content (AvgIpc) is 2.67. The number of nitrogens with zero attached hydrogens (tertiary/aromatic N) is 2. The van der Waals surface area contributed by atoms with E-state index in [1.165, 1.54) is 4.88 Å². The molecule has 2 heterocycles. The molecule has 0 aromatic carbocycles. The van der Waals surface area contributed by atoms with Crippen molar-refractivity contribution in [2.75, 3.05) is 0 Å². The van der Waals surface area contributed by atoms with Crippen LogP contribution in [-0.2, 0) is 6.54 Å². The van der Waals surface area contributed by atoms with Gasteiger partial charge in [0, 0.05) is 14.7 Å². The lowest BCUT2D eigenvalue weighted by Crippen LogP contribution is -2.01. The number of thiophene rings is 1. The van der Waals surface area contributed by atoms with Crippen molar-refractivity contribution >= 4 is 38.9 Å². The highest BCUT2D eigenvalue weighted by atomic mass is 79.9. The number of rotatable bonds is 2. The fourth-order valence-electron chi connectivity index (χ4n) is 1.17. The SMILES string of the molecule is Cc1c(Cl)cnn1Cc1cc(Br)cs1. The van der Waals surface area contributed by atoms with E-state index in [4.69, 9.17) is 11.6 Å². The molecule has 2 aromatic rings. The Kier molecular flexibility index (Phi) is 2.95. The van der Waals surface area contributed by atoms with Crippen LogP contribution in [0.15, 0.2) is 22.1 Å². The van der Waals surface area contributed by atoms with E-state index in [0.29, 0.717) is 0 Å². The maximum atomic E-state index is 5.91. The van der Waals surface area contributed by atoms with E-state index in [1.807, 2.05) is 11.6 Å². The second-order valence-electron chi connectivity index (χ2n) is 2.97. The Morgan fingerprint density at radius 3 is 2.93 bits per heavy atom. The molecule has 2 nitrogen and oxygen atoms in total.